The predicted molar refractivity (Wildman–Crippen MR) is 92.6 cm³/mol. The van der Waals surface area contributed by atoms with E-state index in [9.17, 15) is 0 Å². The fraction of sp³-hybridized carbons (Fsp3) is 0.389. The van der Waals surface area contributed by atoms with Gasteiger partial charge in [0, 0.05) is 31.7 Å². The van der Waals surface area contributed by atoms with Crippen molar-refractivity contribution in [2.24, 2.45) is 7.05 Å². The van der Waals surface area contributed by atoms with Crippen LogP contribution in [0.2, 0.25) is 0 Å². The molecule has 7 nitrogen and oxygen atoms in total. The van der Waals surface area contributed by atoms with E-state index in [1.165, 1.54) is 11.3 Å². The van der Waals surface area contributed by atoms with Gasteiger partial charge in [-0.2, -0.15) is 10.1 Å². The van der Waals surface area contributed by atoms with Crippen LogP contribution in [0, 0.1) is 6.92 Å². The molecule has 0 amide bonds. The number of hydrogen-bond donors (Lipinski definition) is 1. The van der Waals surface area contributed by atoms with Crippen LogP contribution in [-0.2, 0) is 7.05 Å². The molecule has 2 atom stereocenters. The summed E-state index contributed by atoms with van der Waals surface area (Å²) >= 11 is 0. The molecule has 1 N–H and O–H groups in total. The van der Waals surface area contributed by atoms with E-state index >= 15 is 0 Å². The molecule has 1 saturated heterocycles. The topological polar surface area (TPSA) is 78.0 Å². The molecule has 1 aromatic carbocycles. The van der Waals surface area contributed by atoms with Crippen LogP contribution in [0.5, 0.6) is 5.75 Å². The van der Waals surface area contributed by atoms with Crippen molar-refractivity contribution in [1.82, 2.24) is 25.2 Å². The van der Waals surface area contributed by atoms with Gasteiger partial charge in [0.05, 0.1) is 24.8 Å². The molecule has 1 fully saturated rings. The molecule has 2 aromatic heterocycles. The van der Waals surface area contributed by atoms with Gasteiger partial charge in [-0.1, -0.05) is 17.3 Å². The summed E-state index contributed by atoms with van der Waals surface area (Å²) < 4.78 is 12.9. The highest BCUT2D eigenvalue weighted by Gasteiger charge is 2.35. The Morgan fingerprint density at radius 3 is 2.80 bits per heavy atom. The summed E-state index contributed by atoms with van der Waals surface area (Å²) in [6.45, 7) is 3.78. The number of methoxy groups -OCH3 is 1. The Bertz CT molecular complexity index is 885. The van der Waals surface area contributed by atoms with Crippen LogP contribution in [0.15, 0.2) is 35.0 Å². The average molecular weight is 339 g/mol. The second-order valence-electron chi connectivity index (χ2n) is 6.34. The van der Waals surface area contributed by atoms with Crippen molar-refractivity contribution in [3.63, 3.8) is 0 Å². The molecular weight excluding hydrogens is 318 g/mol. The third kappa shape index (κ3) is 2.70. The number of para-hydroxylation sites is 1. The lowest BCUT2D eigenvalue weighted by atomic mass is 9.89. The average Bonchev–Trinajstić information content (AvgIpc) is 3.36. The number of nitrogens with one attached hydrogen (secondary N) is 1. The molecule has 1 aliphatic rings. The number of aryl methyl sites for hydroxylation is 1. The Balaban J connectivity index is 1.66. The molecule has 3 heterocycles. The predicted octanol–water partition coefficient (Wildman–Crippen LogP) is 2.26. The molecule has 0 aliphatic carbocycles. The van der Waals surface area contributed by atoms with Gasteiger partial charge < -0.3 is 14.6 Å². The number of aromatic nitrogens is 4. The lowest BCUT2D eigenvalue weighted by molar-refractivity contribution is 0.351. The standard InChI is InChI=1S/C18H21N5O2/c1-11-13(10-20-23(11)2)14-8-19-9-15(14)18-21-17(22-25-18)12-6-4-5-7-16(12)24-3/h4-7,10,14-15,19H,8-9H2,1-3H3/t14-,15+/m0/s1. The van der Waals surface area contributed by atoms with Gasteiger partial charge in [-0.15, -0.1) is 0 Å². The van der Waals surface area contributed by atoms with Crippen molar-refractivity contribution in [3.8, 4) is 17.1 Å². The van der Waals surface area contributed by atoms with E-state index in [-0.39, 0.29) is 11.8 Å². The number of benzene rings is 1. The van der Waals surface area contributed by atoms with Gasteiger partial charge >= 0.3 is 0 Å². The number of hydrogen-bond acceptors (Lipinski definition) is 6. The molecule has 7 heteroatoms. The van der Waals surface area contributed by atoms with Gasteiger partial charge in [-0.3, -0.25) is 4.68 Å². The largest absolute Gasteiger partial charge is 0.496 e. The van der Waals surface area contributed by atoms with Crippen molar-refractivity contribution in [2.75, 3.05) is 20.2 Å². The lowest BCUT2D eigenvalue weighted by Gasteiger charge is -2.14. The van der Waals surface area contributed by atoms with Crippen LogP contribution >= 0.6 is 0 Å². The van der Waals surface area contributed by atoms with E-state index < -0.39 is 0 Å². The van der Waals surface area contributed by atoms with Crippen molar-refractivity contribution in [2.45, 2.75) is 18.8 Å². The molecule has 0 saturated carbocycles. The van der Waals surface area contributed by atoms with Crippen LogP contribution in [0.25, 0.3) is 11.4 Å². The fourth-order valence-corrected chi connectivity index (χ4v) is 3.47. The minimum absolute atomic E-state index is 0.138. The minimum Gasteiger partial charge on any atom is -0.496 e. The van der Waals surface area contributed by atoms with Crippen LogP contribution in [0.1, 0.15) is 29.0 Å². The Labute approximate surface area is 146 Å². The van der Waals surface area contributed by atoms with Crippen LogP contribution in [0.3, 0.4) is 0 Å². The summed E-state index contributed by atoms with van der Waals surface area (Å²) in [5, 5.41) is 12.0. The Hall–Kier alpha value is -2.67. The highest BCUT2D eigenvalue weighted by Crippen LogP contribution is 2.37. The second-order valence-corrected chi connectivity index (χ2v) is 6.34. The summed E-state index contributed by atoms with van der Waals surface area (Å²) in [4.78, 5) is 4.66. The zero-order valence-electron chi connectivity index (χ0n) is 14.6. The molecule has 0 unspecified atom stereocenters. The van der Waals surface area contributed by atoms with Gasteiger partial charge in [0.25, 0.3) is 0 Å². The number of ether oxygens (including phenoxy) is 1. The van der Waals surface area contributed by atoms with Gasteiger partial charge in [0.15, 0.2) is 0 Å². The molecule has 0 radical (unpaired) electrons. The van der Waals surface area contributed by atoms with E-state index in [2.05, 4.69) is 27.5 Å². The van der Waals surface area contributed by atoms with Crippen molar-refractivity contribution >= 4 is 0 Å². The molecule has 4 rings (SSSR count). The summed E-state index contributed by atoms with van der Waals surface area (Å²) in [7, 11) is 3.60. The van der Waals surface area contributed by atoms with E-state index in [1.54, 1.807) is 7.11 Å². The first-order valence-electron chi connectivity index (χ1n) is 8.35. The second kappa shape index (κ2) is 6.33. The normalized spacial score (nSPS) is 20.1. The zero-order chi connectivity index (χ0) is 17.4. The van der Waals surface area contributed by atoms with Gasteiger partial charge in [-0.25, -0.2) is 0 Å². The fourth-order valence-electron chi connectivity index (χ4n) is 3.47. The quantitative estimate of drug-likeness (QED) is 0.785. The molecule has 3 aromatic rings. The molecule has 25 heavy (non-hydrogen) atoms. The summed E-state index contributed by atoms with van der Waals surface area (Å²) in [6.07, 6.45) is 1.94. The highest BCUT2D eigenvalue weighted by atomic mass is 16.5. The van der Waals surface area contributed by atoms with E-state index in [1.807, 2.05) is 42.2 Å². The number of nitrogens with zero attached hydrogens (tertiary/aromatic N) is 4. The van der Waals surface area contributed by atoms with Gasteiger partial charge in [-0.05, 0) is 24.6 Å². The van der Waals surface area contributed by atoms with Gasteiger partial charge in [0.2, 0.25) is 11.7 Å². The summed E-state index contributed by atoms with van der Waals surface area (Å²) in [5.74, 6) is 2.36. The molecule has 130 valence electrons. The van der Waals surface area contributed by atoms with Crippen molar-refractivity contribution < 1.29 is 9.26 Å². The van der Waals surface area contributed by atoms with E-state index in [0.29, 0.717) is 11.7 Å². The maximum absolute atomic E-state index is 5.62. The lowest BCUT2D eigenvalue weighted by Crippen LogP contribution is -2.10. The van der Waals surface area contributed by atoms with Crippen molar-refractivity contribution in [1.29, 1.82) is 0 Å². The number of rotatable bonds is 4. The third-order valence-corrected chi connectivity index (χ3v) is 4.99. The molecular formula is C18H21N5O2. The summed E-state index contributed by atoms with van der Waals surface area (Å²) in [6, 6.07) is 7.69. The first-order chi connectivity index (χ1) is 12.2. The first kappa shape index (κ1) is 15.8. The first-order valence-corrected chi connectivity index (χ1v) is 8.35. The van der Waals surface area contributed by atoms with E-state index in [0.717, 1.165) is 24.4 Å². The van der Waals surface area contributed by atoms with Crippen LogP contribution in [0.4, 0.5) is 0 Å². The third-order valence-electron chi connectivity index (χ3n) is 4.99. The zero-order valence-corrected chi connectivity index (χ0v) is 14.6. The minimum atomic E-state index is 0.138. The SMILES string of the molecule is COc1ccccc1-c1noc([C@@H]2CNC[C@H]2c2cnn(C)c2C)n1. The smallest absolute Gasteiger partial charge is 0.232 e. The Kier molecular flexibility index (Phi) is 4.01. The molecule has 1 aliphatic heterocycles. The van der Waals surface area contributed by atoms with Crippen LogP contribution in [-0.4, -0.2) is 40.1 Å². The molecule has 0 bridgehead atoms. The Morgan fingerprint density at radius 2 is 2.04 bits per heavy atom. The maximum atomic E-state index is 5.62. The maximum Gasteiger partial charge on any atom is 0.232 e. The van der Waals surface area contributed by atoms with E-state index in [4.69, 9.17) is 9.26 Å². The Morgan fingerprint density at radius 1 is 1.24 bits per heavy atom. The summed E-state index contributed by atoms with van der Waals surface area (Å²) in [5.41, 5.74) is 3.23. The van der Waals surface area contributed by atoms with Crippen molar-refractivity contribution in [3.05, 3.63) is 47.6 Å². The van der Waals surface area contributed by atoms with Gasteiger partial charge in [0.1, 0.15) is 5.75 Å². The monoisotopic (exact) mass is 339 g/mol. The van der Waals surface area contributed by atoms with Crippen LogP contribution < -0.4 is 10.1 Å². The molecule has 0 spiro atoms. The highest BCUT2D eigenvalue weighted by molar-refractivity contribution is 5.63.